The van der Waals surface area contributed by atoms with Crippen LogP contribution in [0.3, 0.4) is 0 Å². The number of carboxylic acid groups (broad SMARTS) is 1. The van der Waals surface area contributed by atoms with Crippen molar-refractivity contribution in [3.63, 3.8) is 0 Å². The van der Waals surface area contributed by atoms with Crippen LogP contribution in [0.1, 0.15) is 59.1 Å². The van der Waals surface area contributed by atoms with Crippen LogP contribution in [0.5, 0.6) is 11.5 Å². The Bertz CT molecular complexity index is 1790. The van der Waals surface area contributed by atoms with Crippen molar-refractivity contribution in [1.29, 1.82) is 0 Å². The summed E-state index contributed by atoms with van der Waals surface area (Å²) in [4.78, 5) is 22.2. The Labute approximate surface area is 264 Å². The van der Waals surface area contributed by atoms with Crippen molar-refractivity contribution in [1.82, 2.24) is 9.88 Å². The molecule has 2 aliphatic carbocycles. The molecule has 0 radical (unpaired) electrons. The van der Waals surface area contributed by atoms with Crippen LogP contribution in [0.15, 0.2) is 73.1 Å². The highest BCUT2D eigenvalue weighted by Crippen LogP contribution is 2.55. The summed E-state index contributed by atoms with van der Waals surface area (Å²) in [5.41, 5.74) is 9.66. The Balaban J connectivity index is 1.21. The molecule has 0 amide bonds. The molecule has 0 unspecified atom stereocenters. The van der Waals surface area contributed by atoms with E-state index in [1.54, 1.807) is 18.5 Å². The molecule has 228 valence electrons. The second-order valence-electron chi connectivity index (χ2n) is 12.8. The predicted octanol–water partition coefficient (Wildman–Crippen LogP) is 7.69. The van der Waals surface area contributed by atoms with Crippen molar-refractivity contribution >= 4 is 11.7 Å². The number of aliphatic carboxylic acids is 1. The van der Waals surface area contributed by atoms with E-state index in [0.717, 1.165) is 73.3 Å². The first-order chi connectivity index (χ1) is 21.9. The maximum atomic E-state index is 12.3. The van der Waals surface area contributed by atoms with Crippen LogP contribution in [0.2, 0.25) is 0 Å². The summed E-state index contributed by atoms with van der Waals surface area (Å²) in [5.74, 6) is 0.802. The van der Waals surface area contributed by atoms with Crippen molar-refractivity contribution in [3.05, 3.63) is 118 Å². The van der Waals surface area contributed by atoms with Crippen LogP contribution in [-0.4, -0.2) is 33.5 Å². The summed E-state index contributed by atoms with van der Waals surface area (Å²) >= 11 is 0. The number of carbonyl (C=O) groups is 1. The van der Waals surface area contributed by atoms with Gasteiger partial charge >= 0.3 is 5.97 Å². The Hall–Kier alpha value is -4.67. The summed E-state index contributed by atoms with van der Waals surface area (Å²) in [5, 5.41) is 10.1. The molecule has 1 saturated carbocycles. The van der Waals surface area contributed by atoms with Gasteiger partial charge in [-0.15, -0.1) is 0 Å². The highest BCUT2D eigenvalue weighted by Gasteiger charge is 2.54. The highest BCUT2D eigenvalue weighted by atomic mass is 16.5. The monoisotopic (exact) mass is 599 g/mol. The predicted molar refractivity (Wildman–Crippen MR) is 172 cm³/mol. The van der Waals surface area contributed by atoms with Gasteiger partial charge in [-0.1, -0.05) is 48.5 Å². The van der Waals surface area contributed by atoms with Crippen LogP contribution in [0, 0.1) is 18.9 Å². The first-order valence-electron chi connectivity index (χ1n) is 15.8. The Morgan fingerprint density at radius 3 is 2.60 bits per heavy atom. The first-order valence-corrected chi connectivity index (χ1v) is 15.8. The van der Waals surface area contributed by atoms with E-state index in [1.807, 2.05) is 12.1 Å². The van der Waals surface area contributed by atoms with Gasteiger partial charge in [-0.05, 0) is 95.9 Å². The Morgan fingerprint density at radius 2 is 1.82 bits per heavy atom. The van der Waals surface area contributed by atoms with Crippen LogP contribution in [-0.2, 0) is 37.4 Å². The van der Waals surface area contributed by atoms with E-state index in [4.69, 9.17) is 16.0 Å². The van der Waals surface area contributed by atoms with Gasteiger partial charge in [-0.2, -0.15) is 0 Å². The maximum absolute atomic E-state index is 12.3. The molecular weight excluding hydrogens is 562 g/mol. The van der Waals surface area contributed by atoms with Gasteiger partial charge in [0.2, 0.25) is 5.69 Å². The molecule has 0 bridgehead atoms. The molecular formula is C38H37N3O4. The van der Waals surface area contributed by atoms with E-state index in [-0.39, 0.29) is 12.0 Å². The van der Waals surface area contributed by atoms with Crippen LogP contribution in [0.4, 0.5) is 5.69 Å². The molecule has 7 heteroatoms. The minimum Gasteiger partial charge on any atom is -0.488 e. The molecule has 1 atom stereocenters. The van der Waals surface area contributed by atoms with E-state index < -0.39 is 12.0 Å². The van der Waals surface area contributed by atoms with Gasteiger partial charge in [0.1, 0.15) is 30.8 Å². The second-order valence-corrected chi connectivity index (χ2v) is 12.8. The molecule has 1 aliphatic heterocycles. The van der Waals surface area contributed by atoms with Gasteiger partial charge < -0.3 is 14.6 Å². The van der Waals surface area contributed by atoms with Gasteiger partial charge in [0.15, 0.2) is 0 Å². The molecule has 4 aromatic rings. The number of nitrogens with zero attached hydrogens (tertiary/aromatic N) is 3. The largest absolute Gasteiger partial charge is 0.488 e. The van der Waals surface area contributed by atoms with Crippen molar-refractivity contribution < 1.29 is 19.4 Å². The fourth-order valence-corrected chi connectivity index (χ4v) is 7.22. The fraction of sp³-hybridized carbons (Fsp3) is 0.342. The topological polar surface area (TPSA) is 76.2 Å². The summed E-state index contributed by atoms with van der Waals surface area (Å²) in [6.45, 7) is 11.6. The number of aromatic nitrogens is 1. The number of rotatable bonds is 10. The van der Waals surface area contributed by atoms with Gasteiger partial charge in [-0.25, -0.2) is 4.85 Å². The second kappa shape index (κ2) is 12.0. The van der Waals surface area contributed by atoms with E-state index >= 15 is 0 Å². The fourth-order valence-electron chi connectivity index (χ4n) is 7.22. The number of carboxylic acids is 1. The Kier molecular flexibility index (Phi) is 7.76. The van der Waals surface area contributed by atoms with Crippen molar-refractivity contribution in [2.24, 2.45) is 5.41 Å². The lowest BCUT2D eigenvalue weighted by atomic mass is 9.97. The smallest absolute Gasteiger partial charge is 0.320 e. The zero-order valence-electron chi connectivity index (χ0n) is 25.6. The number of benzene rings is 3. The number of likely N-dealkylation sites (tertiary alicyclic amines) is 1. The van der Waals surface area contributed by atoms with Gasteiger partial charge in [0.25, 0.3) is 0 Å². The van der Waals surface area contributed by atoms with Crippen molar-refractivity contribution in [2.45, 2.75) is 71.2 Å². The molecule has 7 nitrogen and oxygen atoms in total. The molecule has 2 fully saturated rings. The maximum Gasteiger partial charge on any atom is 0.320 e. The summed E-state index contributed by atoms with van der Waals surface area (Å²) in [7, 11) is 0. The number of ether oxygens (including phenoxy) is 2. The molecule has 7 rings (SSSR count). The SMILES string of the molecule is [C-]#[N+]c1cncc(COc2cc(OCc3cccc(-c4ccccc4)c3C)c3c(c2CN2CC4(CC4)C[C@H]2C(=O)O)CCC3)c1. The van der Waals surface area contributed by atoms with E-state index in [2.05, 4.69) is 64.1 Å². The van der Waals surface area contributed by atoms with Crippen molar-refractivity contribution in [3.8, 4) is 22.6 Å². The first kappa shape index (κ1) is 29.1. The minimum atomic E-state index is -0.743. The number of pyridine rings is 1. The zero-order chi connectivity index (χ0) is 31.0. The van der Waals surface area contributed by atoms with Gasteiger partial charge in [-0.3, -0.25) is 14.7 Å². The minimum absolute atomic E-state index is 0.161. The summed E-state index contributed by atoms with van der Waals surface area (Å²) in [6, 6.07) is 20.1. The number of fused-ring (bicyclic) bond motifs is 1. The lowest BCUT2D eigenvalue weighted by Gasteiger charge is -2.26. The molecule has 45 heavy (non-hydrogen) atoms. The molecule has 1 N–H and O–H groups in total. The third-order valence-corrected chi connectivity index (χ3v) is 9.87. The van der Waals surface area contributed by atoms with Gasteiger partial charge in [0.05, 0.1) is 6.57 Å². The Morgan fingerprint density at radius 1 is 1.02 bits per heavy atom. The molecule has 3 aromatic carbocycles. The molecule has 1 spiro atoms. The standard InChI is InChI=1S/C38H37N3O4/c1-25-28(10-6-11-30(25)27-8-4-3-5-9-27)23-45-35-17-36(44-22-26-16-29(39-2)20-40-19-26)33(31-12-7-13-32(31)35)21-41-24-38(14-15-38)18-34(41)37(42)43/h3-6,8-11,16-17,19-20,34H,7,12-15,18,21-24H2,1H3,(H,42,43)/t34-/m0/s1. The lowest BCUT2D eigenvalue weighted by molar-refractivity contribution is -0.142. The normalized spacial score (nSPS) is 18.0. The zero-order valence-corrected chi connectivity index (χ0v) is 25.6. The van der Waals surface area contributed by atoms with Gasteiger partial charge in [0, 0.05) is 37.1 Å². The molecule has 3 aliphatic rings. The molecule has 1 saturated heterocycles. The van der Waals surface area contributed by atoms with Crippen molar-refractivity contribution in [2.75, 3.05) is 6.54 Å². The summed E-state index contributed by atoms with van der Waals surface area (Å²) < 4.78 is 13.1. The quantitative estimate of drug-likeness (QED) is 0.188. The molecule has 1 aromatic heterocycles. The van der Waals surface area contributed by atoms with E-state index in [1.165, 1.54) is 27.8 Å². The highest BCUT2D eigenvalue weighted by molar-refractivity contribution is 5.74. The average molecular weight is 600 g/mol. The van der Waals surface area contributed by atoms with Crippen LogP contribution < -0.4 is 9.47 Å². The number of hydrogen-bond donors (Lipinski definition) is 1. The van der Waals surface area contributed by atoms with Crippen LogP contribution in [0.25, 0.3) is 16.0 Å². The van der Waals surface area contributed by atoms with E-state index in [0.29, 0.717) is 18.8 Å². The molecule has 2 heterocycles. The third-order valence-electron chi connectivity index (χ3n) is 9.87. The number of hydrogen-bond acceptors (Lipinski definition) is 5. The third kappa shape index (κ3) is 5.91. The van der Waals surface area contributed by atoms with Crippen LogP contribution >= 0.6 is 0 Å². The summed E-state index contributed by atoms with van der Waals surface area (Å²) in [6.07, 6.45) is 9.06. The van der Waals surface area contributed by atoms with E-state index in [9.17, 15) is 9.90 Å². The lowest BCUT2D eigenvalue weighted by Crippen LogP contribution is -2.35. The average Bonchev–Trinajstić information content (AvgIpc) is 3.45.